The Bertz CT molecular complexity index is 554. The van der Waals surface area contributed by atoms with Gasteiger partial charge in [0.1, 0.15) is 5.82 Å². The standard InChI is InChI=1S/C11H11FN4/c1-8(14-15-13)7-16-6-5-9-10(12)3-2-4-11(9)16/h2-6,8H,7H2,1H3. The lowest BCUT2D eigenvalue weighted by atomic mass is 10.2. The molecule has 16 heavy (non-hydrogen) atoms. The SMILES string of the molecule is CC(Cn1ccc2c(F)cccc21)N=[N+]=[N-]. The second-order valence-electron chi connectivity index (χ2n) is 3.69. The molecule has 82 valence electrons. The molecule has 0 fully saturated rings. The van der Waals surface area contributed by atoms with Crippen LogP contribution in [0.2, 0.25) is 0 Å². The van der Waals surface area contributed by atoms with E-state index < -0.39 is 0 Å². The summed E-state index contributed by atoms with van der Waals surface area (Å²) < 4.78 is 15.3. The topological polar surface area (TPSA) is 53.7 Å². The Labute approximate surface area is 91.9 Å². The minimum Gasteiger partial charge on any atom is -0.347 e. The largest absolute Gasteiger partial charge is 0.347 e. The third-order valence-corrected chi connectivity index (χ3v) is 2.47. The van der Waals surface area contributed by atoms with E-state index >= 15 is 0 Å². The average Bonchev–Trinajstić information content (AvgIpc) is 2.64. The van der Waals surface area contributed by atoms with Crippen LogP contribution in [0.25, 0.3) is 21.3 Å². The molecule has 1 unspecified atom stereocenters. The summed E-state index contributed by atoms with van der Waals surface area (Å²) >= 11 is 0. The van der Waals surface area contributed by atoms with Crippen LogP contribution in [-0.2, 0) is 6.54 Å². The van der Waals surface area contributed by atoms with E-state index in [2.05, 4.69) is 10.0 Å². The lowest BCUT2D eigenvalue weighted by Crippen LogP contribution is -2.08. The van der Waals surface area contributed by atoms with E-state index in [1.807, 2.05) is 17.6 Å². The van der Waals surface area contributed by atoms with E-state index in [4.69, 9.17) is 5.53 Å². The molecule has 0 amide bonds. The van der Waals surface area contributed by atoms with Crippen molar-refractivity contribution in [1.82, 2.24) is 4.57 Å². The molecule has 1 heterocycles. The fourth-order valence-electron chi connectivity index (χ4n) is 1.75. The van der Waals surface area contributed by atoms with Gasteiger partial charge >= 0.3 is 0 Å². The molecular weight excluding hydrogens is 207 g/mol. The molecule has 4 nitrogen and oxygen atoms in total. The maximum Gasteiger partial charge on any atom is 0.132 e. The van der Waals surface area contributed by atoms with Crippen LogP contribution in [0, 0.1) is 5.82 Å². The fraction of sp³-hybridized carbons (Fsp3) is 0.273. The number of aromatic nitrogens is 1. The Morgan fingerprint density at radius 1 is 1.50 bits per heavy atom. The zero-order valence-corrected chi connectivity index (χ0v) is 8.84. The highest BCUT2D eigenvalue weighted by atomic mass is 19.1. The molecule has 0 N–H and O–H groups in total. The van der Waals surface area contributed by atoms with Gasteiger partial charge in [0.25, 0.3) is 0 Å². The number of hydrogen-bond donors (Lipinski definition) is 0. The number of hydrogen-bond acceptors (Lipinski definition) is 1. The first-order chi connectivity index (χ1) is 7.72. The van der Waals surface area contributed by atoms with Gasteiger partial charge in [-0.2, -0.15) is 0 Å². The van der Waals surface area contributed by atoms with Crippen LogP contribution in [0.1, 0.15) is 6.92 Å². The van der Waals surface area contributed by atoms with Crippen LogP contribution < -0.4 is 0 Å². The van der Waals surface area contributed by atoms with Crippen molar-refractivity contribution in [2.75, 3.05) is 0 Å². The maximum absolute atomic E-state index is 13.4. The van der Waals surface area contributed by atoms with Crippen molar-refractivity contribution in [2.24, 2.45) is 5.11 Å². The number of halogens is 1. The average molecular weight is 218 g/mol. The Morgan fingerprint density at radius 3 is 3.06 bits per heavy atom. The van der Waals surface area contributed by atoms with Crippen molar-refractivity contribution < 1.29 is 4.39 Å². The van der Waals surface area contributed by atoms with Crippen molar-refractivity contribution in [3.05, 3.63) is 46.7 Å². The van der Waals surface area contributed by atoms with Crippen LogP contribution in [0.4, 0.5) is 4.39 Å². The van der Waals surface area contributed by atoms with Crippen LogP contribution in [0.15, 0.2) is 35.6 Å². The van der Waals surface area contributed by atoms with Crippen molar-refractivity contribution in [1.29, 1.82) is 0 Å². The molecule has 0 spiro atoms. The summed E-state index contributed by atoms with van der Waals surface area (Å²) in [6.45, 7) is 2.38. The molecule has 1 aromatic heterocycles. The Balaban J connectivity index is 2.39. The zero-order valence-electron chi connectivity index (χ0n) is 8.84. The molecule has 0 radical (unpaired) electrons. The first kappa shape index (κ1) is 10.5. The molecule has 1 atom stereocenters. The van der Waals surface area contributed by atoms with Crippen molar-refractivity contribution in [2.45, 2.75) is 19.5 Å². The Hall–Kier alpha value is -2.00. The minimum absolute atomic E-state index is 0.149. The second-order valence-corrected chi connectivity index (χ2v) is 3.69. The van der Waals surface area contributed by atoms with Crippen LogP contribution >= 0.6 is 0 Å². The van der Waals surface area contributed by atoms with Crippen molar-refractivity contribution in [3.63, 3.8) is 0 Å². The number of rotatable bonds is 3. The minimum atomic E-state index is -0.229. The summed E-state index contributed by atoms with van der Waals surface area (Å²) in [5.41, 5.74) is 9.13. The highest BCUT2D eigenvalue weighted by Crippen LogP contribution is 2.19. The van der Waals surface area contributed by atoms with Gasteiger partial charge in [0.15, 0.2) is 0 Å². The van der Waals surface area contributed by atoms with Crippen LogP contribution in [0.3, 0.4) is 0 Å². The summed E-state index contributed by atoms with van der Waals surface area (Å²) in [5.74, 6) is -0.229. The van der Waals surface area contributed by atoms with E-state index in [1.54, 1.807) is 18.3 Å². The van der Waals surface area contributed by atoms with Gasteiger partial charge in [-0.3, -0.25) is 0 Å². The molecule has 0 saturated carbocycles. The summed E-state index contributed by atoms with van der Waals surface area (Å²) in [4.78, 5) is 2.75. The number of azide groups is 1. The van der Waals surface area contributed by atoms with Crippen LogP contribution in [0.5, 0.6) is 0 Å². The molecule has 0 saturated heterocycles. The van der Waals surface area contributed by atoms with Gasteiger partial charge in [0.2, 0.25) is 0 Å². The van der Waals surface area contributed by atoms with E-state index in [-0.39, 0.29) is 11.9 Å². The quantitative estimate of drug-likeness (QED) is 0.430. The summed E-state index contributed by atoms with van der Waals surface area (Å²) in [6.07, 6.45) is 1.80. The molecule has 2 aromatic rings. The second kappa shape index (κ2) is 4.24. The molecule has 1 aromatic carbocycles. The highest BCUT2D eigenvalue weighted by Gasteiger charge is 2.06. The predicted octanol–water partition coefficient (Wildman–Crippen LogP) is 3.48. The van der Waals surface area contributed by atoms with E-state index in [0.29, 0.717) is 11.9 Å². The molecule has 0 bridgehead atoms. The third kappa shape index (κ3) is 1.85. The van der Waals surface area contributed by atoms with Gasteiger partial charge in [-0.1, -0.05) is 18.1 Å². The lowest BCUT2D eigenvalue weighted by Gasteiger charge is -2.07. The monoisotopic (exact) mass is 218 g/mol. The van der Waals surface area contributed by atoms with E-state index in [0.717, 1.165) is 5.52 Å². The number of nitrogens with zero attached hydrogens (tertiary/aromatic N) is 4. The highest BCUT2D eigenvalue weighted by molar-refractivity contribution is 5.80. The smallest absolute Gasteiger partial charge is 0.132 e. The fourth-order valence-corrected chi connectivity index (χ4v) is 1.75. The van der Waals surface area contributed by atoms with E-state index in [9.17, 15) is 4.39 Å². The molecular formula is C11H11FN4. The normalized spacial score (nSPS) is 12.4. The zero-order chi connectivity index (χ0) is 11.5. The molecule has 2 rings (SSSR count). The predicted molar refractivity (Wildman–Crippen MR) is 60.5 cm³/mol. The molecule has 0 aliphatic carbocycles. The third-order valence-electron chi connectivity index (χ3n) is 2.47. The number of benzene rings is 1. The summed E-state index contributed by atoms with van der Waals surface area (Å²) in [5, 5.41) is 4.19. The molecule has 0 aliphatic rings. The maximum atomic E-state index is 13.4. The molecule has 0 aliphatic heterocycles. The van der Waals surface area contributed by atoms with Gasteiger partial charge in [-0.25, -0.2) is 4.39 Å². The van der Waals surface area contributed by atoms with Gasteiger partial charge in [-0.15, -0.1) is 0 Å². The molecule has 5 heteroatoms. The lowest BCUT2D eigenvalue weighted by molar-refractivity contribution is 0.601. The van der Waals surface area contributed by atoms with Gasteiger partial charge in [0, 0.05) is 23.0 Å². The first-order valence-electron chi connectivity index (χ1n) is 5.00. The van der Waals surface area contributed by atoms with Crippen LogP contribution in [-0.4, -0.2) is 10.6 Å². The number of fused-ring (bicyclic) bond motifs is 1. The van der Waals surface area contributed by atoms with Crippen molar-refractivity contribution >= 4 is 10.9 Å². The van der Waals surface area contributed by atoms with Gasteiger partial charge in [-0.05, 0) is 23.7 Å². The summed E-state index contributed by atoms with van der Waals surface area (Å²) in [6, 6.07) is 6.54. The van der Waals surface area contributed by atoms with Crippen molar-refractivity contribution in [3.8, 4) is 0 Å². The Kier molecular flexibility index (Phi) is 2.79. The van der Waals surface area contributed by atoms with Gasteiger partial charge < -0.3 is 4.57 Å². The summed E-state index contributed by atoms with van der Waals surface area (Å²) in [7, 11) is 0. The Morgan fingerprint density at radius 2 is 2.31 bits per heavy atom. The van der Waals surface area contributed by atoms with E-state index in [1.165, 1.54) is 6.07 Å². The first-order valence-corrected chi connectivity index (χ1v) is 5.00. The van der Waals surface area contributed by atoms with Gasteiger partial charge in [0.05, 0.1) is 11.6 Å².